The smallest absolute Gasteiger partial charge is 0.170 e. The summed E-state index contributed by atoms with van der Waals surface area (Å²) in [5, 5.41) is 0. The Balaban J connectivity index is 1.52. The van der Waals surface area contributed by atoms with E-state index in [4.69, 9.17) is 25.7 Å². The molecule has 2 aliphatic rings. The molecule has 0 heterocycles. The molecule has 4 rings (SSSR count). The second-order valence-electron chi connectivity index (χ2n) is 8.50. The molecule has 2 unspecified atom stereocenters. The molecular formula is C26H28N2O3. The van der Waals surface area contributed by atoms with Gasteiger partial charge in [-0.25, -0.2) is 0 Å². The minimum absolute atomic E-state index is 0.344. The summed E-state index contributed by atoms with van der Waals surface area (Å²) in [5.74, 6) is 3.90. The van der Waals surface area contributed by atoms with E-state index in [9.17, 15) is 0 Å². The second kappa shape index (κ2) is 8.46. The van der Waals surface area contributed by atoms with Gasteiger partial charge in [0.05, 0.1) is 0 Å². The van der Waals surface area contributed by atoms with Gasteiger partial charge < -0.3 is 25.7 Å². The molecule has 0 radical (unpaired) electrons. The van der Waals surface area contributed by atoms with Gasteiger partial charge in [0.15, 0.2) is 23.0 Å². The monoisotopic (exact) mass is 416 g/mol. The number of allylic oxidation sites excluding steroid dienone is 2. The van der Waals surface area contributed by atoms with Crippen LogP contribution in [0.1, 0.15) is 26.7 Å². The van der Waals surface area contributed by atoms with Gasteiger partial charge in [-0.2, -0.15) is 0 Å². The molecule has 5 heteroatoms. The largest absolute Gasteiger partial charge is 0.454 e. The molecule has 0 amide bonds. The van der Waals surface area contributed by atoms with Crippen LogP contribution < -0.4 is 25.7 Å². The van der Waals surface area contributed by atoms with Crippen LogP contribution in [-0.4, -0.2) is 11.1 Å². The van der Waals surface area contributed by atoms with Gasteiger partial charge in [-0.05, 0) is 75.3 Å². The number of ether oxygens (including phenoxy) is 3. The van der Waals surface area contributed by atoms with Crippen molar-refractivity contribution >= 4 is 0 Å². The lowest BCUT2D eigenvalue weighted by Crippen LogP contribution is -2.34. The molecule has 0 aliphatic heterocycles. The van der Waals surface area contributed by atoms with Crippen LogP contribution >= 0.6 is 0 Å². The van der Waals surface area contributed by atoms with Crippen molar-refractivity contribution in [3.05, 3.63) is 96.5 Å². The second-order valence-corrected chi connectivity index (χ2v) is 8.50. The molecule has 2 aromatic carbocycles. The Morgan fingerprint density at radius 3 is 1.29 bits per heavy atom. The third kappa shape index (κ3) is 5.45. The lowest BCUT2D eigenvalue weighted by molar-refractivity contribution is 0.369. The van der Waals surface area contributed by atoms with Gasteiger partial charge >= 0.3 is 0 Å². The van der Waals surface area contributed by atoms with Crippen LogP contribution in [0.15, 0.2) is 96.5 Å². The van der Waals surface area contributed by atoms with E-state index in [1.54, 1.807) is 0 Å². The predicted octanol–water partition coefficient (Wildman–Crippen LogP) is 5.36. The number of hydrogen-bond acceptors (Lipinski definition) is 5. The third-order valence-corrected chi connectivity index (χ3v) is 5.12. The van der Waals surface area contributed by atoms with Crippen LogP contribution in [0.2, 0.25) is 0 Å². The highest BCUT2D eigenvalue weighted by molar-refractivity contribution is 5.49. The van der Waals surface area contributed by atoms with Crippen LogP contribution in [0.4, 0.5) is 0 Å². The van der Waals surface area contributed by atoms with E-state index in [0.717, 1.165) is 11.5 Å². The van der Waals surface area contributed by atoms with E-state index in [1.807, 2.05) is 98.8 Å². The lowest BCUT2D eigenvalue weighted by atomic mass is 9.94. The summed E-state index contributed by atoms with van der Waals surface area (Å²) < 4.78 is 18.4. The summed E-state index contributed by atoms with van der Waals surface area (Å²) in [7, 11) is 0. The van der Waals surface area contributed by atoms with Gasteiger partial charge in [-0.3, -0.25) is 0 Å². The predicted molar refractivity (Wildman–Crippen MR) is 123 cm³/mol. The fourth-order valence-electron chi connectivity index (χ4n) is 3.22. The maximum Gasteiger partial charge on any atom is 0.170 e. The van der Waals surface area contributed by atoms with Crippen molar-refractivity contribution in [3.63, 3.8) is 0 Å². The number of nitrogens with two attached hydrogens (primary N) is 2. The highest BCUT2D eigenvalue weighted by Crippen LogP contribution is 2.38. The van der Waals surface area contributed by atoms with Gasteiger partial charge in [0.2, 0.25) is 0 Å². The molecule has 2 aromatic rings. The average molecular weight is 417 g/mol. The van der Waals surface area contributed by atoms with Crippen LogP contribution in [0.25, 0.3) is 0 Å². The van der Waals surface area contributed by atoms with Crippen LogP contribution in [-0.2, 0) is 0 Å². The van der Waals surface area contributed by atoms with Gasteiger partial charge in [-0.1, -0.05) is 36.4 Å². The molecule has 2 atom stereocenters. The Morgan fingerprint density at radius 1 is 0.613 bits per heavy atom. The zero-order valence-corrected chi connectivity index (χ0v) is 17.9. The maximum absolute atomic E-state index is 6.20. The van der Waals surface area contributed by atoms with Crippen molar-refractivity contribution in [1.82, 2.24) is 0 Å². The number of hydrogen-bond donors (Lipinski definition) is 2. The molecule has 5 nitrogen and oxygen atoms in total. The van der Waals surface area contributed by atoms with Gasteiger partial charge in [-0.15, -0.1) is 0 Å². The van der Waals surface area contributed by atoms with E-state index in [2.05, 4.69) is 0 Å². The van der Waals surface area contributed by atoms with Crippen molar-refractivity contribution in [2.75, 3.05) is 0 Å². The number of para-hydroxylation sites is 4. The van der Waals surface area contributed by atoms with Crippen molar-refractivity contribution in [2.24, 2.45) is 11.5 Å². The molecule has 31 heavy (non-hydrogen) atoms. The molecule has 2 aliphatic carbocycles. The van der Waals surface area contributed by atoms with E-state index < -0.39 is 0 Å². The summed E-state index contributed by atoms with van der Waals surface area (Å²) in [6, 6.07) is 15.1. The molecule has 0 aromatic heterocycles. The van der Waals surface area contributed by atoms with Crippen LogP contribution in [0, 0.1) is 0 Å². The normalized spacial score (nSPS) is 24.9. The molecule has 0 bridgehead atoms. The average Bonchev–Trinajstić information content (AvgIpc) is 2.74. The van der Waals surface area contributed by atoms with Crippen LogP contribution in [0.3, 0.4) is 0 Å². The Hall–Kier alpha value is -3.28. The lowest BCUT2D eigenvalue weighted by Gasteiger charge is -2.23. The number of benzene rings is 2. The molecule has 0 fully saturated rings. The molecule has 0 spiro atoms. The maximum atomic E-state index is 6.20. The zero-order chi connectivity index (χ0) is 21.9. The highest BCUT2D eigenvalue weighted by Gasteiger charge is 2.20. The third-order valence-electron chi connectivity index (χ3n) is 5.12. The highest BCUT2D eigenvalue weighted by atomic mass is 16.5. The summed E-state index contributed by atoms with van der Waals surface area (Å²) in [4.78, 5) is 0. The Kier molecular flexibility index (Phi) is 5.72. The van der Waals surface area contributed by atoms with Gasteiger partial charge in [0.1, 0.15) is 11.5 Å². The Labute approximate surface area is 183 Å². The van der Waals surface area contributed by atoms with Crippen molar-refractivity contribution in [1.29, 1.82) is 0 Å². The number of rotatable bonds is 6. The molecule has 4 N–H and O–H groups in total. The first-order valence-electron chi connectivity index (χ1n) is 10.4. The van der Waals surface area contributed by atoms with Crippen molar-refractivity contribution in [3.8, 4) is 23.0 Å². The zero-order valence-electron chi connectivity index (χ0n) is 17.9. The Morgan fingerprint density at radius 2 is 0.968 bits per heavy atom. The van der Waals surface area contributed by atoms with E-state index in [-0.39, 0.29) is 11.1 Å². The first-order valence-corrected chi connectivity index (χ1v) is 10.4. The first-order chi connectivity index (χ1) is 14.8. The molecule has 0 saturated heterocycles. The molecular weight excluding hydrogens is 388 g/mol. The Bertz CT molecular complexity index is 992. The van der Waals surface area contributed by atoms with E-state index in [0.29, 0.717) is 35.8 Å². The van der Waals surface area contributed by atoms with Crippen molar-refractivity contribution < 1.29 is 14.2 Å². The fraction of sp³-hybridized carbons (Fsp3) is 0.231. The standard InChI is InChI=1S/C26H28N2O3/c1-25(27)15-11-19(12-16-25)29-21-7-3-5-9-23(21)31-24-10-6-4-8-22(24)30-20-13-17-26(2,28)18-14-20/h3-15,17H,16,18,27-28H2,1-2H3. The minimum atomic E-state index is -0.344. The summed E-state index contributed by atoms with van der Waals surface area (Å²) in [6.45, 7) is 3.96. The SMILES string of the molecule is CC1(N)C=CC(Oc2ccccc2Oc2ccccc2OC2=CCC(C)(N)C=C2)=CC1. The summed E-state index contributed by atoms with van der Waals surface area (Å²) >= 11 is 0. The quantitative estimate of drug-likeness (QED) is 0.663. The minimum Gasteiger partial charge on any atom is -0.454 e. The fourth-order valence-corrected chi connectivity index (χ4v) is 3.22. The molecule has 160 valence electrons. The van der Waals surface area contributed by atoms with Gasteiger partial charge in [0.25, 0.3) is 0 Å². The van der Waals surface area contributed by atoms with E-state index >= 15 is 0 Å². The summed E-state index contributed by atoms with van der Waals surface area (Å²) in [6.07, 6.45) is 13.1. The topological polar surface area (TPSA) is 79.7 Å². The van der Waals surface area contributed by atoms with Crippen LogP contribution in [0.5, 0.6) is 23.0 Å². The molecule has 0 saturated carbocycles. The summed E-state index contributed by atoms with van der Waals surface area (Å²) in [5.41, 5.74) is 11.6. The van der Waals surface area contributed by atoms with E-state index in [1.165, 1.54) is 0 Å². The first kappa shape index (κ1) is 21.0. The van der Waals surface area contributed by atoms with Crippen molar-refractivity contribution in [2.45, 2.75) is 37.8 Å². The van der Waals surface area contributed by atoms with Gasteiger partial charge in [0, 0.05) is 11.1 Å².